The molecule has 2 atom stereocenters. The van der Waals surface area contributed by atoms with Crippen molar-refractivity contribution >= 4 is 18.5 Å². The lowest BCUT2D eigenvalue weighted by Gasteiger charge is -2.28. The quantitative estimate of drug-likeness (QED) is 0.672. The van der Waals surface area contributed by atoms with Gasteiger partial charge in [-0.05, 0) is 18.8 Å². The number of carbonyl (C=O) groups is 1. The lowest BCUT2D eigenvalue weighted by atomic mass is 9.84. The van der Waals surface area contributed by atoms with E-state index in [0.29, 0.717) is 11.8 Å². The first-order valence-electron chi connectivity index (χ1n) is 5.16. The van der Waals surface area contributed by atoms with Crippen LogP contribution in [0.1, 0.15) is 39.0 Å². The molecule has 1 aliphatic carbocycles. The highest BCUT2D eigenvalue weighted by Crippen LogP contribution is 2.26. The highest BCUT2D eigenvalue weighted by atomic mass is 32.1. The summed E-state index contributed by atoms with van der Waals surface area (Å²) >= 11 is 3.95. The molecule has 0 aromatic heterocycles. The summed E-state index contributed by atoms with van der Waals surface area (Å²) in [7, 11) is 0. The molecule has 0 aromatic carbocycles. The number of amides is 1. The summed E-state index contributed by atoms with van der Waals surface area (Å²) in [5.41, 5.74) is 0. The Morgan fingerprint density at radius 1 is 1.54 bits per heavy atom. The second-order valence-electron chi connectivity index (χ2n) is 3.86. The molecule has 1 aliphatic rings. The summed E-state index contributed by atoms with van der Waals surface area (Å²) in [5, 5.41) is 3.02. The van der Waals surface area contributed by atoms with Gasteiger partial charge in [0.05, 0.1) is 5.75 Å². The van der Waals surface area contributed by atoms with Crippen LogP contribution in [0.15, 0.2) is 0 Å². The Morgan fingerprint density at radius 3 is 2.92 bits per heavy atom. The molecule has 1 fully saturated rings. The number of hydrogen-bond acceptors (Lipinski definition) is 2. The van der Waals surface area contributed by atoms with Gasteiger partial charge in [-0.2, -0.15) is 12.6 Å². The second kappa shape index (κ2) is 5.53. The van der Waals surface area contributed by atoms with Gasteiger partial charge in [0, 0.05) is 6.04 Å². The smallest absolute Gasteiger partial charge is 0.229 e. The second-order valence-corrected chi connectivity index (χ2v) is 4.18. The van der Waals surface area contributed by atoms with Crippen LogP contribution in [-0.2, 0) is 4.79 Å². The van der Waals surface area contributed by atoms with E-state index in [1.807, 2.05) is 0 Å². The number of rotatable bonds is 3. The minimum absolute atomic E-state index is 0.0742. The Labute approximate surface area is 85.9 Å². The summed E-state index contributed by atoms with van der Waals surface area (Å²) < 4.78 is 0. The lowest BCUT2D eigenvalue weighted by molar-refractivity contribution is -0.119. The monoisotopic (exact) mass is 201 g/mol. The fourth-order valence-electron chi connectivity index (χ4n) is 2.07. The van der Waals surface area contributed by atoms with Crippen molar-refractivity contribution in [1.29, 1.82) is 0 Å². The van der Waals surface area contributed by atoms with Crippen LogP contribution in [0.2, 0.25) is 0 Å². The molecule has 1 amide bonds. The molecule has 0 heterocycles. The van der Waals surface area contributed by atoms with Crippen LogP contribution >= 0.6 is 12.6 Å². The van der Waals surface area contributed by atoms with Crippen molar-refractivity contribution in [2.24, 2.45) is 5.92 Å². The fraction of sp³-hybridized carbons (Fsp3) is 0.900. The SMILES string of the molecule is CCC1CCCC(NC(=O)CS)C1. The van der Waals surface area contributed by atoms with Crippen molar-refractivity contribution < 1.29 is 4.79 Å². The van der Waals surface area contributed by atoms with Crippen LogP contribution < -0.4 is 5.32 Å². The third-order valence-corrected chi connectivity index (χ3v) is 3.16. The molecule has 0 radical (unpaired) electrons. The molecule has 1 rings (SSSR count). The van der Waals surface area contributed by atoms with Gasteiger partial charge in [-0.15, -0.1) is 0 Å². The molecule has 1 saturated carbocycles. The Bertz CT molecular complexity index is 172. The van der Waals surface area contributed by atoms with Crippen LogP contribution in [0.5, 0.6) is 0 Å². The van der Waals surface area contributed by atoms with Gasteiger partial charge in [-0.25, -0.2) is 0 Å². The van der Waals surface area contributed by atoms with Gasteiger partial charge < -0.3 is 5.32 Å². The topological polar surface area (TPSA) is 29.1 Å². The van der Waals surface area contributed by atoms with Crippen LogP contribution in [0, 0.1) is 5.92 Å². The van der Waals surface area contributed by atoms with Crippen molar-refractivity contribution in [1.82, 2.24) is 5.32 Å². The van der Waals surface area contributed by atoms with Crippen molar-refractivity contribution in [3.8, 4) is 0 Å². The summed E-state index contributed by atoms with van der Waals surface area (Å²) in [6.45, 7) is 2.23. The Kier molecular flexibility index (Phi) is 4.64. The Balaban J connectivity index is 2.29. The van der Waals surface area contributed by atoms with E-state index in [1.54, 1.807) is 0 Å². The maximum atomic E-state index is 11.1. The van der Waals surface area contributed by atoms with Gasteiger partial charge >= 0.3 is 0 Å². The van der Waals surface area contributed by atoms with E-state index >= 15 is 0 Å². The van der Waals surface area contributed by atoms with E-state index in [0.717, 1.165) is 18.8 Å². The zero-order valence-electron chi connectivity index (χ0n) is 8.25. The molecular weight excluding hydrogens is 182 g/mol. The van der Waals surface area contributed by atoms with Gasteiger partial charge in [0.15, 0.2) is 0 Å². The number of nitrogens with one attached hydrogen (secondary N) is 1. The van der Waals surface area contributed by atoms with Crippen LogP contribution in [0.4, 0.5) is 0 Å². The molecule has 0 spiro atoms. The molecular formula is C10H19NOS. The van der Waals surface area contributed by atoms with Gasteiger partial charge in [0.1, 0.15) is 0 Å². The molecule has 13 heavy (non-hydrogen) atoms. The first-order chi connectivity index (χ1) is 6.26. The molecule has 2 unspecified atom stereocenters. The normalized spacial score (nSPS) is 28.5. The zero-order valence-corrected chi connectivity index (χ0v) is 9.15. The molecule has 2 nitrogen and oxygen atoms in total. The van der Waals surface area contributed by atoms with Crippen LogP contribution in [0.25, 0.3) is 0 Å². The molecule has 0 bridgehead atoms. The third kappa shape index (κ3) is 3.59. The predicted octanol–water partition coefficient (Wildman–Crippen LogP) is 2.00. The summed E-state index contributed by atoms with van der Waals surface area (Å²) in [5.74, 6) is 1.21. The maximum absolute atomic E-state index is 11.1. The van der Waals surface area contributed by atoms with Gasteiger partial charge in [0.2, 0.25) is 5.91 Å². The van der Waals surface area contributed by atoms with E-state index in [-0.39, 0.29) is 5.91 Å². The minimum Gasteiger partial charge on any atom is -0.353 e. The highest BCUT2D eigenvalue weighted by Gasteiger charge is 2.21. The first kappa shape index (κ1) is 10.9. The Hall–Kier alpha value is -0.180. The largest absolute Gasteiger partial charge is 0.353 e. The van der Waals surface area contributed by atoms with E-state index < -0.39 is 0 Å². The summed E-state index contributed by atoms with van der Waals surface area (Å²) in [4.78, 5) is 11.1. The summed E-state index contributed by atoms with van der Waals surface area (Å²) in [6, 6.07) is 0.415. The van der Waals surface area contributed by atoms with E-state index in [1.165, 1.54) is 19.3 Å². The van der Waals surface area contributed by atoms with E-state index in [4.69, 9.17) is 0 Å². The number of hydrogen-bond donors (Lipinski definition) is 2. The number of carbonyl (C=O) groups excluding carboxylic acids is 1. The molecule has 3 heteroatoms. The Morgan fingerprint density at radius 2 is 2.31 bits per heavy atom. The average Bonchev–Trinajstić information content (AvgIpc) is 2.18. The number of thiol groups is 1. The van der Waals surface area contributed by atoms with Crippen molar-refractivity contribution in [3.05, 3.63) is 0 Å². The van der Waals surface area contributed by atoms with Crippen molar-refractivity contribution in [2.45, 2.75) is 45.1 Å². The van der Waals surface area contributed by atoms with Crippen LogP contribution in [-0.4, -0.2) is 17.7 Å². The minimum atomic E-state index is 0.0742. The third-order valence-electron chi connectivity index (χ3n) is 2.87. The molecule has 0 aromatic rings. The zero-order chi connectivity index (χ0) is 9.68. The van der Waals surface area contributed by atoms with E-state index in [9.17, 15) is 4.79 Å². The van der Waals surface area contributed by atoms with Gasteiger partial charge in [0.25, 0.3) is 0 Å². The molecule has 0 aliphatic heterocycles. The fourth-order valence-corrected chi connectivity index (χ4v) is 2.16. The predicted molar refractivity (Wildman–Crippen MR) is 58.0 cm³/mol. The van der Waals surface area contributed by atoms with Crippen LogP contribution in [0.3, 0.4) is 0 Å². The van der Waals surface area contributed by atoms with Crippen molar-refractivity contribution in [3.63, 3.8) is 0 Å². The standard InChI is InChI=1S/C10H19NOS/c1-2-8-4-3-5-9(6-8)11-10(12)7-13/h8-9,13H,2-7H2,1H3,(H,11,12). The van der Waals surface area contributed by atoms with E-state index in [2.05, 4.69) is 24.9 Å². The maximum Gasteiger partial charge on any atom is 0.229 e. The average molecular weight is 201 g/mol. The summed E-state index contributed by atoms with van der Waals surface area (Å²) in [6.07, 6.45) is 6.15. The van der Waals surface area contributed by atoms with Crippen molar-refractivity contribution in [2.75, 3.05) is 5.75 Å². The molecule has 1 N–H and O–H groups in total. The molecule has 0 saturated heterocycles. The highest BCUT2D eigenvalue weighted by molar-refractivity contribution is 7.81. The molecule has 76 valence electrons. The lowest BCUT2D eigenvalue weighted by Crippen LogP contribution is -2.38. The first-order valence-corrected chi connectivity index (χ1v) is 5.79. The van der Waals surface area contributed by atoms with Gasteiger partial charge in [-0.3, -0.25) is 4.79 Å². The van der Waals surface area contributed by atoms with Gasteiger partial charge in [-0.1, -0.05) is 26.2 Å².